The standard InChI is InChI=1S/C16H21NOS/c1-10-7-13(19-12(10)3)9-17-11(2)8-14-15(17)5-4-6-16(14)18/h7-8,16,18H,4-6,9H2,1-3H3. The summed E-state index contributed by atoms with van der Waals surface area (Å²) < 4.78 is 2.39. The van der Waals surface area contributed by atoms with E-state index in [4.69, 9.17) is 0 Å². The molecule has 2 heterocycles. The summed E-state index contributed by atoms with van der Waals surface area (Å²) in [6, 6.07) is 4.47. The number of thiophene rings is 1. The Morgan fingerprint density at radius 2 is 2.11 bits per heavy atom. The Balaban J connectivity index is 1.97. The molecule has 1 aliphatic carbocycles. The summed E-state index contributed by atoms with van der Waals surface area (Å²) in [4.78, 5) is 2.82. The molecule has 0 saturated heterocycles. The van der Waals surface area contributed by atoms with E-state index in [2.05, 4.69) is 37.5 Å². The fraction of sp³-hybridized carbons (Fsp3) is 0.500. The van der Waals surface area contributed by atoms with Crippen molar-refractivity contribution in [3.05, 3.63) is 44.4 Å². The number of hydrogen-bond acceptors (Lipinski definition) is 2. The molecule has 0 radical (unpaired) electrons. The van der Waals surface area contributed by atoms with E-state index in [1.54, 1.807) is 0 Å². The fourth-order valence-electron chi connectivity index (χ4n) is 3.04. The summed E-state index contributed by atoms with van der Waals surface area (Å²) in [7, 11) is 0. The number of hydrogen-bond donors (Lipinski definition) is 1. The monoisotopic (exact) mass is 275 g/mol. The van der Waals surface area contributed by atoms with Crippen molar-refractivity contribution in [3.63, 3.8) is 0 Å². The topological polar surface area (TPSA) is 25.2 Å². The van der Waals surface area contributed by atoms with Gasteiger partial charge in [-0.1, -0.05) is 0 Å². The summed E-state index contributed by atoms with van der Waals surface area (Å²) in [5.74, 6) is 0. The first-order chi connectivity index (χ1) is 9.06. The van der Waals surface area contributed by atoms with Crippen LogP contribution in [0.4, 0.5) is 0 Å². The third-order valence-electron chi connectivity index (χ3n) is 4.23. The number of rotatable bonds is 2. The maximum absolute atomic E-state index is 10.1. The molecule has 2 aromatic rings. The molecule has 19 heavy (non-hydrogen) atoms. The van der Waals surface area contributed by atoms with E-state index in [9.17, 15) is 5.11 Å². The van der Waals surface area contributed by atoms with Gasteiger partial charge in [-0.15, -0.1) is 11.3 Å². The first-order valence-electron chi connectivity index (χ1n) is 6.99. The van der Waals surface area contributed by atoms with Gasteiger partial charge in [0, 0.05) is 26.7 Å². The Morgan fingerprint density at radius 1 is 1.32 bits per heavy atom. The normalized spacial score (nSPS) is 18.6. The van der Waals surface area contributed by atoms with Gasteiger partial charge in [0.25, 0.3) is 0 Å². The van der Waals surface area contributed by atoms with Crippen LogP contribution in [0.25, 0.3) is 0 Å². The van der Waals surface area contributed by atoms with Crippen LogP contribution in [0.5, 0.6) is 0 Å². The van der Waals surface area contributed by atoms with Crippen LogP contribution in [0.1, 0.15) is 51.2 Å². The molecule has 0 saturated carbocycles. The second-order valence-corrected chi connectivity index (χ2v) is 6.97. The van der Waals surface area contributed by atoms with Crippen LogP contribution in [-0.2, 0) is 13.0 Å². The average molecular weight is 275 g/mol. The Labute approximate surface area is 118 Å². The largest absolute Gasteiger partial charge is 0.388 e. The minimum atomic E-state index is -0.254. The zero-order chi connectivity index (χ0) is 13.6. The van der Waals surface area contributed by atoms with Crippen molar-refractivity contribution in [2.75, 3.05) is 0 Å². The number of aromatic nitrogens is 1. The molecule has 0 aromatic carbocycles. The molecule has 1 aliphatic rings. The average Bonchev–Trinajstić information content (AvgIpc) is 2.84. The number of aliphatic hydroxyl groups is 1. The lowest BCUT2D eigenvalue weighted by Crippen LogP contribution is -2.12. The van der Waals surface area contributed by atoms with Gasteiger partial charge >= 0.3 is 0 Å². The minimum absolute atomic E-state index is 0.254. The van der Waals surface area contributed by atoms with Gasteiger partial charge in [0.2, 0.25) is 0 Å². The lowest BCUT2D eigenvalue weighted by molar-refractivity contribution is 0.156. The van der Waals surface area contributed by atoms with Crippen molar-refractivity contribution in [2.45, 2.75) is 52.7 Å². The van der Waals surface area contributed by atoms with Crippen molar-refractivity contribution >= 4 is 11.3 Å². The second kappa shape index (κ2) is 4.80. The molecule has 3 rings (SSSR count). The van der Waals surface area contributed by atoms with Gasteiger partial charge in [0.05, 0.1) is 12.6 Å². The van der Waals surface area contributed by atoms with Crippen LogP contribution < -0.4 is 0 Å². The van der Waals surface area contributed by atoms with E-state index in [1.165, 1.54) is 26.7 Å². The maximum atomic E-state index is 10.1. The Kier molecular flexibility index (Phi) is 3.27. The second-order valence-electron chi connectivity index (χ2n) is 5.63. The lowest BCUT2D eigenvalue weighted by atomic mass is 9.95. The molecule has 0 bridgehead atoms. The van der Waals surface area contributed by atoms with E-state index >= 15 is 0 Å². The highest BCUT2D eigenvalue weighted by molar-refractivity contribution is 7.12. The highest BCUT2D eigenvalue weighted by atomic mass is 32.1. The highest BCUT2D eigenvalue weighted by Crippen LogP contribution is 2.33. The van der Waals surface area contributed by atoms with Crippen LogP contribution in [0, 0.1) is 20.8 Å². The third-order valence-corrected chi connectivity index (χ3v) is 5.37. The van der Waals surface area contributed by atoms with E-state index in [0.717, 1.165) is 31.4 Å². The van der Waals surface area contributed by atoms with Gasteiger partial charge in [0.15, 0.2) is 0 Å². The van der Waals surface area contributed by atoms with Gasteiger partial charge in [-0.25, -0.2) is 0 Å². The van der Waals surface area contributed by atoms with Crippen molar-refractivity contribution in [1.29, 1.82) is 0 Å². The van der Waals surface area contributed by atoms with Crippen molar-refractivity contribution in [1.82, 2.24) is 4.57 Å². The zero-order valence-electron chi connectivity index (χ0n) is 11.9. The number of nitrogens with zero attached hydrogens (tertiary/aromatic N) is 1. The number of fused-ring (bicyclic) bond motifs is 1. The molecule has 0 spiro atoms. The van der Waals surface area contributed by atoms with Gasteiger partial charge in [-0.05, 0) is 57.7 Å². The molecule has 3 heteroatoms. The van der Waals surface area contributed by atoms with Crippen LogP contribution in [0.3, 0.4) is 0 Å². The summed E-state index contributed by atoms with van der Waals surface area (Å²) in [5.41, 5.74) is 5.17. The smallest absolute Gasteiger partial charge is 0.0807 e. The van der Waals surface area contributed by atoms with Crippen molar-refractivity contribution in [2.24, 2.45) is 0 Å². The summed E-state index contributed by atoms with van der Waals surface area (Å²) in [6.07, 6.45) is 2.85. The quantitative estimate of drug-likeness (QED) is 0.883. The van der Waals surface area contributed by atoms with E-state index in [1.807, 2.05) is 11.3 Å². The fourth-order valence-corrected chi connectivity index (χ4v) is 4.09. The number of aryl methyl sites for hydroxylation is 3. The number of aliphatic hydroxyl groups excluding tert-OH is 1. The first kappa shape index (κ1) is 12.9. The Morgan fingerprint density at radius 3 is 2.79 bits per heavy atom. The summed E-state index contributed by atoms with van der Waals surface area (Å²) in [5, 5.41) is 10.1. The lowest BCUT2D eigenvalue weighted by Gasteiger charge is -2.20. The SMILES string of the molecule is Cc1cc(Cn2c(C)cc3c2CCCC3O)sc1C. The molecule has 2 aromatic heterocycles. The molecule has 0 aliphatic heterocycles. The molecular weight excluding hydrogens is 254 g/mol. The van der Waals surface area contributed by atoms with Gasteiger partial charge in [-0.3, -0.25) is 0 Å². The van der Waals surface area contributed by atoms with Crippen LogP contribution >= 0.6 is 11.3 Å². The third kappa shape index (κ3) is 2.26. The van der Waals surface area contributed by atoms with Crippen molar-refractivity contribution in [3.8, 4) is 0 Å². The van der Waals surface area contributed by atoms with Crippen molar-refractivity contribution < 1.29 is 5.11 Å². The Hall–Kier alpha value is -1.06. The molecule has 102 valence electrons. The van der Waals surface area contributed by atoms with E-state index < -0.39 is 0 Å². The van der Waals surface area contributed by atoms with Crippen LogP contribution in [0.2, 0.25) is 0 Å². The molecule has 1 atom stereocenters. The molecule has 0 amide bonds. The predicted octanol–water partition coefficient (Wildman–Crippen LogP) is 3.89. The van der Waals surface area contributed by atoms with E-state index in [0.29, 0.717) is 0 Å². The van der Waals surface area contributed by atoms with E-state index in [-0.39, 0.29) is 6.10 Å². The van der Waals surface area contributed by atoms with Gasteiger partial charge < -0.3 is 9.67 Å². The van der Waals surface area contributed by atoms with Gasteiger partial charge in [0.1, 0.15) is 0 Å². The molecule has 0 fully saturated rings. The van der Waals surface area contributed by atoms with Crippen LogP contribution in [-0.4, -0.2) is 9.67 Å². The predicted molar refractivity (Wildman–Crippen MR) is 80.0 cm³/mol. The maximum Gasteiger partial charge on any atom is 0.0807 e. The minimum Gasteiger partial charge on any atom is -0.388 e. The zero-order valence-corrected chi connectivity index (χ0v) is 12.7. The highest BCUT2D eigenvalue weighted by Gasteiger charge is 2.23. The molecule has 2 nitrogen and oxygen atoms in total. The summed E-state index contributed by atoms with van der Waals surface area (Å²) in [6.45, 7) is 7.47. The van der Waals surface area contributed by atoms with Gasteiger partial charge in [-0.2, -0.15) is 0 Å². The first-order valence-corrected chi connectivity index (χ1v) is 7.81. The summed E-state index contributed by atoms with van der Waals surface area (Å²) >= 11 is 1.89. The molecule has 1 unspecified atom stereocenters. The molecular formula is C16H21NOS. The van der Waals surface area contributed by atoms with Crippen LogP contribution in [0.15, 0.2) is 12.1 Å². The molecule has 1 N–H and O–H groups in total. The Bertz CT molecular complexity index is 589.